The topological polar surface area (TPSA) is 86.1 Å². The standard InChI is InChI=1S/C21H24N4O3S2/c1-21(2,3)19(27)22-11-16-8-9-18(30-16)17(26)12-29-20-24-23-13-25(20)14-6-5-7-15(10-14)28-4/h5-10,13H,11-12H2,1-4H3,(H,22,27). The van der Waals surface area contributed by atoms with Gasteiger partial charge in [-0.2, -0.15) is 0 Å². The van der Waals surface area contributed by atoms with E-state index in [1.807, 2.05) is 55.7 Å². The quantitative estimate of drug-likeness (QED) is 0.418. The van der Waals surface area contributed by atoms with Gasteiger partial charge in [-0.3, -0.25) is 14.2 Å². The minimum absolute atomic E-state index is 0.0126. The van der Waals surface area contributed by atoms with E-state index >= 15 is 0 Å². The van der Waals surface area contributed by atoms with Crippen LogP contribution in [0.3, 0.4) is 0 Å². The van der Waals surface area contributed by atoms with Crippen LogP contribution < -0.4 is 10.1 Å². The van der Waals surface area contributed by atoms with Crippen molar-refractivity contribution in [3.8, 4) is 11.4 Å². The number of ether oxygens (including phenoxy) is 1. The van der Waals surface area contributed by atoms with E-state index in [-0.39, 0.29) is 17.4 Å². The van der Waals surface area contributed by atoms with E-state index in [9.17, 15) is 9.59 Å². The van der Waals surface area contributed by atoms with Crippen LogP contribution in [0, 0.1) is 5.41 Å². The molecule has 0 aliphatic heterocycles. The Hall–Kier alpha value is -2.65. The fourth-order valence-corrected chi connectivity index (χ4v) is 4.31. The van der Waals surface area contributed by atoms with Crippen LogP contribution in [0.15, 0.2) is 47.9 Å². The van der Waals surface area contributed by atoms with Gasteiger partial charge < -0.3 is 10.1 Å². The molecule has 2 aromatic heterocycles. The van der Waals surface area contributed by atoms with Gasteiger partial charge in [0.2, 0.25) is 5.91 Å². The first kappa shape index (κ1) is 22.0. The molecule has 3 rings (SSSR count). The van der Waals surface area contributed by atoms with Crippen molar-refractivity contribution < 1.29 is 14.3 Å². The maximum atomic E-state index is 12.6. The SMILES string of the molecule is COc1cccc(-n2cnnc2SCC(=O)c2ccc(CNC(=O)C(C)(C)C)s2)c1. The first-order valence-corrected chi connectivity index (χ1v) is 11.2. The van der Waals surface area contributed by atoms with Crippen molar-refractivity contribution in [2.45, 2.75) is 32.5 Å². The number of ketones is 1. The highest BCUT2D eigenvalue weighted by Gasteiger charge is 2.21. The van der Waals surface area contributed by atoms with Gasteiger partial charge in [-0.05, 0) is 24.3 Å². The third-order valence-corrected chi connectivity index (χ3v) is 6.29. The summed E-state index contributed by atoms with van der Waals surface area (Å²) < 4.78 is 7.09. The molecule has 9 heteroatoms. The number of thiophene rings is 1. The number of methoxy groups -OCH3 is 1. The lowest BCUT2D eigenvalue weighted by Gasteiger charge is -2.17. The molecule has 30 heavy (non-hydrogen) atoms. The first-order valence-electron chi connectivity index (χ1n) is 9.35. The fourth-order valence-electron chi connectivity index (χ4n) is 2.52. The summed E-state index contributed by atoms with van der Waals surface area (Å²) in [5.74, 6) is 0.976. The van der Waals surface area contributed by atoms with Gasteiger partial charge in [0, 0.05) is 16.4 Å². The lowest BCUT2D eigenvalue weighted by atomic mass is 9.96. The average Bonchev–Trinajstić information content (AvgIpc) is 3.39. The number of rotatable bonds is 8. The lowest BCUT2D eigenvalue weighted by Crippen LogP contribution is -2.34. The summed E-state index contributed by atoms with van der Waals surface area (Å²) in [6.45, 7) is 6.03. The van der Waals surface area contributed by atoms with Crippen LogP contribution in [0.4, 0.5) is 0 Å². The second-order valence-corrected chi connectivity index (χ2v) is 9.71. The summed E-state index contributed by atoms with van der Waals surface area (Å²) in [7, 11) is 1.61. The monoisotopic (exact) mass is 444 g/mol. The predicted octanol–water partition coefficient (Wildman–Crippen LogP) is 3.97. The van der Waals surface area contributed by atoms with E-state index in [2.05, 4.69) is 15.5 Å². The lowest BCUT2D eigenvalue weighted by molar-refractivity contribution is -0.128. The van der Waals surface area contributed by atoms with Gasteiger partial charge in [0.15, 0.2) is 10.9 Å². The van der Waals surface area contributed by atoms with Crippen molar-refractivity contribution in [2.24, 2.45) is 5.41 Å². The molecule has 0 aliphatic carbocycles. The zero-order valence-corrected chi connectivity index (χ0v) is 19.0. The van der Waals surface area contributed by atoms with Gasteiger partial charge >= 0.3 is 0 Å². The minimum Gasteiger partial charge on any atom is -0.497 e. The molecule has 7 nitrogen and oxygen atoms in total. The molecule has 0 radical (unpaired) electrons. The highest BCUT2D eigenvalue weighted by molar-refractivity contribution is 7.99. The van der Waals surface area contributed by atoms with E-state index in [1.165, 1.54) is 23.1 Å². The Labute approximate surface area is 183 Å². The van der Waals surface area contributed by atoms with Gasteiger partial charge in [0.1, 0.15) is 12.1 Å². The van der Waals surface area contributed by atoms with E-state index in [1.54, 1.807) is 19.5 Å². The van der Waals surface area contributed by atoms with Crippen LogP contribution >= 0.6 is 23.1 Å². The number of thioether (sulfide) groups is 1. The third kappa shape index (κ3) is 5.48. The van der Waals surface area contributed by atoms with Crippen LogP contribution in [-0.2, 0) is 11.3 Å². The summed E-state index contributed by atoms with van der Waals surface area (Å²) in [5, 5.41) is 11.6. The van der Waals surface area contributed by atoms with E-state index in [0.717, 1.165) is 16.3 Å². The van der Waals surface area contributed by atoms with Gasteiger partial charge in [-0.15, -0.1) is 21.5 Å². The molecular weight excluding hydrogens is 420 g/mol. The zero-order valence-electron chi connectivity index (χ0n) is 17.3. The largest absolute Gasteiger partial charge is 0.497 e. The maximum Gasteiger partial charge on any atom is 0.225 e. The van der Waals surface area contributed by atoms with Crippen molar-refractivity contribution in [3.05, 3.63) is 52.5 Å². The Bertz CT molecular complexity index is 1040. The Kier molecular flexibility index (Phi) is 6.94. The summed E-state index contributed by atoms with van der Waals surface area (Å²) >= 11 is 2.73. The Morgan fingerprint density at radius 3 is 2.77 bits per heavy atom. The van der Waals surface area contributed by atoms with Gasteiger partial charge in [0.05, 0.1) is 30.0 Å². The number of hydrogen-bond acceptors (Lipinski definition) is 7. The number of amides is 1. The molecule has 158 valence electrons. The molecule has 0 saturated carbocycles. The molecule has 0 atom stereocenters. The Morgan fingerprint density at radius 2 is 2.03 bits per heavy atom. The van der Waals surface area contributed by atoms with Gasteiger partial charge in [-0.1, -0.05) is 38.6 Å². The molecule has 1 N–H and O–H groups in total. The highest BCUT2D eigenvalue weighted by Crippen LogP contribution is 2.25. The second kappa shape index (κ2) is 9.44. The van der Waals surface area contributed by atoms with E-state index in [0.29, 0.717) is 16.6 Å². The first-order chi connectivity index (χ1) is 14.3. The highest BCUT2D eigenvalue weighted by atomic mass is 32.2. The summed E-state index contributed by atoms with van der Waals surface area (Å²) in [4.78, 5) is 26.2. The Morgan fingerprint density at radius 1 is 1.23 bits per heavy atom. The number of hydrogen-bond donors (Lipinski definition) is 1. The fraction of sp³-hybridized carbons (Fsp3) is 0.333. The second-order valence-electron chi connectivity index (χ2n) is 7.60. The van der Waals surface area contributed by atoms with Crippen molar-refractivity contribution in [1.82, 2.24) is 20.1 Å². The predicted molar refractivity (Wildman–Crippen MR) is 119 cm³/mol. The average molecular weight is 445 g/mol. The molecule has 0 aliphatic rings. The number of nitrogens with zero attached hydrogens (tertiary/aromatic N) is 3. The molecule has 1 aromatic carbocycles. The smallest absolute Gasteiger partial charge is 0.225 e. The molecule has 0 unspecified atom stereocenters. The molecule has 2 heterocycles. The van der Waals surface area contributed by atoms with Crippen LogP contribution in [0.2, 0.25) is 0 Å². The normalized spacial score (nSPS) is 11.3. The van der Waals surface area contributed by atoms with Crippen molar-refractivity contribution in [3.63, 3.8) is 0 Å². The van der Waals surface area contributed by atoms with Gasteiger partial charge in [0.25, 0.3) is 0 Å². The zero-order chi connectivity index (χ0) is 21.7. The van der Waals surface area contributed by atoms with Crippen LogP contribution in [0.5, 0.6) is 5.75 Å². The van der Waals surface area contributed by atoms with Crippen LogP contribution in [-0.4, -0.2) is 39.3 Å². The van der Waals surface area contributed by atoms with Crippen molar-refractivity contribution in [2.75, 3.05) is 12.9 Å². The summed E-state index contributed by atoms with van der Waals surface area (Å²) in [6.07, 6.45) is 1.61. The molecule has 1 amide bonds. The Balaban J connectivity index is 1.60. The van der Waals surface area contributed by atoms with E-state index in [4.69, 9.17) is 4.74 Å². The molecular formula is C21H24N4O3S2. The molecule has 0 fully saturated rings. The minimum atomic E-state index is -0.439. The number of carbonyl (C=O) groups is 2. The third-order valence-electron chi connectivity index (χ3n) is 4.22. The number of benzene rings is 1. The summed E-state index contributed by atoms with van der Waals surface area (Å²) in [6, 6.07) is 11.2. The number of nitrogens with one attached hydrogen (secondary N) is 1. The van der Waals surface area contributed by atoms with Gasteiger partial charge in [-0.25, -0.2) is 0 Å². The number of aromatic nitrogens is 3. The molecule has 3 aromatic rings. The molecule has 0 bridgehead atoms. The molecule has 0 saturated heterocycles. The van der Waals surface area contributed by atoms with E-state index < -0.39 is 5.41 Å². The summed E-state index contributed by atoms with van der Waals surface area (Å²) in [5.41, 5.74) is 0.424. The van der Waals surface area contributed by atoms with Crippen LogP contribution in [0.25, 0.3) is 5.69 Å². The van der Waals surface area contributed by atoms with Crippen LogP contribution in [0.1, 0.15) is 35.3 Å². The number of carbonyl (C=O) groups excluding carboxylic acids is 2. The van der Waals surface area contributed by atoms with Crippen molar-refractivity contribution in [1.29, 1.82) is 0 Å². The maximum absolute atomic E-state index is 12.6. The number of Topliss-reactive ketones (excluding diaryl/α,β-unsaturated/α-hetero) is 1. The van der Waals surface area contributed by atoms with Crippen molar-refractivity contribution >= 4 is 34.8 Å². The molecule has 0 spiro atoms.